The van der Waals surface area contributed by atoms with E-state index < -0.39 is 9.75 Å². The van der Waals surface area contributed by atoms with Crippen molar-refractivity contribution in [3.8, 4) is 5.75 Å². The molecule has 0 spiro atoms. The largest absolute Gasteiger partial charge is 0.496 e. The van der Waals surface area contributed by atoms with Gasteiger partial charge < -0.3 is 10.1 Å². The van der Waals surface area contributed by atoms with E-state index in [2.05, 4.69) is 10.3 Å². The Hall–Kier alpha value is -1.000. The Morgan fingerprint density at radius 3 is 2.60 bits per heavy atom. The van der Waals surface area contributed by atoms with Crippen molar-refractivity contribution in [2.45, 2.75) is 38.1 Å². The van der Waals surface area contributed by atoms with Crippen LogP contribution in [0.5, 0.6) is 5.75 Å². The second kappa shape index (κ2) is 5.08. The Kier molecular flexibility index (Phi) is 3.91. The van der Waals surface area contributed by atoms with Crippen molar-refractivity contribution in [3.63, 3.8) is 0 Å². The molecule has 0 aromatic carbocycles. The average molecular weight is 317 g/mol. The quantitative estimate of drug-likeness (QED) is 0.869. The molecule has 1 N–H and O–H groups in total. The first kappa shape index (κ1) is 15.4. The Morgan fingerprint density at radius 2 is 2.10 bits per heavy atom. The Labute approximate surface area is 128 Å². The van der Waals surface area contributed by atoms with Gasteiger partial charge in [-0.15, -0.1) is 23.2 Å². The normalized spacial score (nSPS) is 23.3. The Bertz CT molecular complexity index is 560. The molecule has 20 heavy (non-hydrogen) atoms. The van der Waals surface area contributed by atoms with Gasteiger partial charge in [-0.05, 0) is 27.2 Å². The molecule has 1 atom stereocenters. The van der Waals surface area contributed by atoms with E-state index in [-0.39, 0.29) is 5.91 Å². The van der Waals surface area contributed by atoms with Crippen molar-refractivity contribution >= 4 is 29.1 Å². The number of pyridine rings is 1. The molecule has 110 valence electrons. The third kappa shape index (κ3) is 2.47. The summed E-state index contributed by atoms with van der Waals surface area (Å²) in [6.07, 6.45) is 2.21. The molecule has 0 bridgehead atoms. The fraction of sp³-hybridized carbons (Fsp3) is 0.571. The summed E-state index contributed by atoms with van der Waals surface area (Å²) < 4.78 is 4.39. The number of hydrogen-bond acceptors (Lipinski definition) is 3. The summed E-state index contributed by atoms with van der Waals surface area (Å²) in [4.78, 5) is 16.4. The molecule has 2 rings (SSSR count). The van der Waals surface area contributed by atoms with Gasteiger partial charge in [-0.2, -0.15) is 0 Å². The number of hydrogen-bond donors (Lipinski definition) is 1. The van der Waals surface area contributed by atoms with Crippen molar-refractivity contribution in [3.05, 3.63) is 23.0 Å². The third-order valence-electron chi connectivity index (χ3n) is 3.93. The van der Waals surface area contributed by atoms with E-state index in [4.69, 9.17) is 27.9 Å². The van der Waals surface area contributed by atoms with Gasteiger partial charge in [-0.3, -0.25) is 9.78 Å². The monoisotopic (exact) mass is 316 g/mol. The van der Waals surface area contributed by atoms with E-state index in [9.17, 15) is 4.79 Å². The molecule has 6 heteroatoms. The summed E-state index contributed by atoms with van der Waals surface area (Å²) >= 11 is 12.0. The van der Waals surface area contributed by atoms with Gasteiger partial charge in [0.15, 0.2) is 0 Å². The summed E-state index contributed by atoms with van der Waals surface area (Å²) in [7, 11) is 1.62. The van der Waals surface area contributed by atoms with Gasteiger partial charge in [0.2, 0.25) is 5.91 Å². The number of carbonyl (C=O) groups is 1. The van der Waals surface area contributed by atoms with Crippen molar-refractivity contribution in [2.75, 3.05) is 7.11 Å². The number of aryl methyl sites for hydroxylation is 1. The van der Waals surface area contributed by atoms with Crippen LogP contribution in [0.3, 0.4) is 0 Å². The molecule has 1 aliphatic rings. The summed E-state index contributed by atoms with van der Waals surface area (Å²) in [6.45, 7) is 5.95. The van der Waals surface area contributed by atoms with Gasteiger partial charge in [0.05, 0.1) is 24.8 Å². The molecular formula is C14H18Cl2N2O2. The maximum atomic E-state index is 12.1. The molecular weight excluding hydrogens is 299 g/mol. The minimum atomic E-state index is -0.954. The zero-order valence-corrected chi connectivity index (χ0v) is 13.5. The molecule has 0 aliphatic heterocycles. The Balaban J connectivity index is 2.07. The highest BCUT2D eigenvalue weighted by Gasteiger charge is 2.67. The first-order valence-electron chi connectivity index (χ1n) is 6.38. The number of nitrogens with zero attached hydrogens (tertiary/aromatic N) is 1. The van der Waals surface area contributed by atoms with E-state index in [1.54, 1.807) is 20.2 Å². The van der Waals surface area contributed by atoms with E-state index in [0.717, 1.165) is 22.6 Å². The molecule has 1 aromatic heterocycles. The van der Waals surface area contributed by atoms with Crippen molar-refractivity contribution in [1.29, 1.82) is 0 Å². The number of amides is 1. The molecule has 1 heterocycles. The summed E-state index contributed by atoms with van der Waals surface area (Å²) in [6, 6.07) is 0. The first-order valence-corrected chi connectivity index (χ1v) is 7.14. The molecule has 0 unspecified atom stereocenters. The van der Waals surface area contributed by atoms with Gasteiger partial charge in [-0.1, -0.05) is 0 Å². The number of halogens is 2. The predicted octanol–water partition coefficient (Wildman–Crippen LogP) is 2.91. The molecule has 0 radical (unpaired) electrons. The van der Waals surface area contributed by atoms with E-state index in [1.165, 1.54) is 0 Å². The minimum Gasteiger partial charge on any atom is -0.496 e. The number of ether oxygens (including phenoxy) is 1. The SMILES string of the molecule is COc1c(C)cnc(CNC(=O)[C@@]2(C)CC2(Cl)Cl)c1C. The number of nitrogens with one attached hydrogen (secondary N) is 1. The van der Waals surface area contributed by atoms with Crippen LogP contribution in [-0.4, -0.2) is 22.3 Å². The molecule has 1 fully saturated rings. The third-order valence-corrected chi connectivity index (χ3v) is 5.03. The number of aromatic nitrogens is 1. The predicted molar refractivity (Wildman–Crippen MR) is 79.3 cm³/mol. The summed E-state index contributed by atoms with van der Waals surface area (Å²) in [5, 5.41) is 2.84. The van der Waals surface area contributed by atoms with Crippen molar-refractivity contribution in [1.82, 2.24) is 10.3 Å². The van der Waals surface area contributed by atoms with E-state index >= 15 is 0 Å². The highest BCUT2D eigenvalue weighted by atomic mass is 35.5. The lowest BCUT2D eigenvalue weighted by atomic mass is 10.1. The van der Waals surface area contributed by atoms with E-state index in [0.29, 0.717) is 13.0 Å². The molecule has 1 amide bonds. The van der Waals surface area contributed by atoms with Crippen LogP contribution in [0.4, 0.5) is 0 Å². The second-order valence-corrected chi connectivity index (χ2v) is 6.93. The fourth-order valence-electron chi connectivity index (χ4n) is 2.25. The van der Waals surface area contributed by atoms with Gasteiger partial charge >= 0.3 is 0 Å². The lowest BCUT2D eigenvalue weighted by Crippen LogP contribution is -2.33. The summed E-state index contributed by atoms with van der Waals surface area (Å²) in [5.74, 6) is 0.647. The van der Waals surface area contributed by atoms with Crippen LogP contribution in [0.15, 0.2) is 6.20 Å². The zero-order valence-electron chi connectivity index (χ0n) is 12.0. The number of rotatable bonds is 4. The lowest BCUT2D eigenvalue weighted by Gasteiger charge is -2.15. The van der Waals surface area contributed by atoms with Crippen molar-refractivity contribution < 1.29 is 9.53 Å². The lowest BCUT2D eigenvalue weighted by molar-refractivity contribution is -0.125. The highest BCUT2D eigenvalue weighted by Crippen LogP contribution is 2.63. The smallest absolute Gasteiger partial charge is 0.229 e. The zero-order chi connectivity index (χ0) is 15.1. The van der Waals surface area contributed by atoms with Crippen LogP contribution in [0.25, 0.3) is 0 Å². The molecule has 1 saturated carbocycles. The first-order chi connectivity index (χ1) is 9.23. The molecule has 4 nitrogen and oxygen atoms in total. The second-order valence-electron chi connectivity index (χ2n) is 5.44. The van der Waals surface area contributed by atoms with Crippen LogP contribution in [0.2, 0.25) is 0 Å². The molecule has 0 saturated heterocycles. The van der Waals surface area contributed by atoms with Crippen LogP contribution in [-0.2, 0) is 11.3 Å². The Morgan fingerprint density at radius 1 is 1.50 bits per heavy atom. The van der Waals surface area contributed by atoms with Crippen LogP contribution < -0.4 is 10.1 Å². The van der Waals surface area contributed by atoms with Crippen LogP contribution in [0, 0.1) is 19.3 Å². The number of carbonyl (C=O) groups excluding carboxylic acids is 1. The van der Waals surface area contributed by atoms with Gasteiger partial charge in [-0.25, -0.2) is 0 Å². The van der Waals surface area contributed by atoms with Crippen LogP contribution in [0.1, 0.15) is 30.2 Å². The molecule has 1 aromatic rings. The number of methoxy groups -OCH3 is 1. The van der Waals surface area contributed by atoms with E-state index in [1.807, 2.05) is 13.8 Å². The van der Waals surface area contributed by atoms with Crippen LogP contribution >= 0.6 is 23.2 Å². The highest BCUT2D eigenvalue weighted by molar-refractivity contribution is 6.53. The maximum absolute atomic E-state index is 12.1. The molecule has 1 aliphatic carbocycles. The standard InChI is InChI=1S/C14H18Cl2N2O2/c1-8-5-17-10(9(2)11(8)20-4)6-18-12(19)13(3)7-14(13,15)16/h5H,6-7H2,1-4H3,(H,18,19)/t13-/m1/s1. The average Bonchev–Trinajstić information content (AvgIpc) is 2.89. The van der Waals surface area contributed by atoms with Crippen molar-refractivity contribution in [2.24, 2.45) is 5.41 Å². The van der Waals surface area contributed by atoms with Gasteiger partial charge in [0, 0.05) is 17.3 Å². The maximum Gasteiger partial charge on any atom is 0.229 e. The number of alkyl halides is 2. The van der Waals surface area contributed by atoms with Gasteiger partial charge in [0.1, 0.15) is 10.1 Å². The topological polar surface area (TPSA) is 51.2 Å². The summed E-state index contributed by atoms with van der Waals surface area (Å²) in [5.41, 5.74) is 1.96. The fourth-order valence-corrected chi connectivity index (χ4v) is 2.96. The minimum absolute atomic E-state index is 0.150. The van der Waals surface area contributed by atoms with Gasteiger partial charge in [0.25, 0.3) is 0 Å².